The third-order valence-electron chi connectivity index (χ3n) is 5.78. The molecule has 0 fully saturated rings. The van der Waals surface area contributed by atoms with Crippen molar-refractivity contribution in [3.05, 3.63) is 101 Å². The van der Waals surface area contributed by atoms with Gasteiger partial charge in [0.05, 0.1) is 12.6 Å². The number of rotatable bonds is 11. The average molecular weight is 447 g/mol. The highest BCUT2D eigenvalue weighted by Crippen LogP contribution is 2.22. The molecule has 3 rings (SSSR count). The average Bonchev–Trinajstić information content (AvgIpc) is 2.80. The van der Waals surface area contributed by atoms with E-state index in [1.54, 1.807) is 0 Å². The van der Waals surface area contributed by atoms with Gasteiger partial charge < -0.3 is 20.9 Å². The van der Waals surface area contributed by atoms with Gasteiger partial charge in [0, 0.05) is 12.1 Å². The summed E-state index contributed by atoms with van der Waals surface area (Å²) < 4.78 is 5.61. The van der Waals surface area contributed by atoms with E-state index >= 15 is 0 Å². The summed E-state index contributed by atoms with van der Waals surface area (Å²) in [5.74, 6) is 0.209. The van der Waals surface area contributed by atoms with E-state index in [0.717, 1.165) is 22.3 Å². The number of aliphatic hydroxyl groups is 1. The fourth-order valence-electron chi connectivity index (χ4n) is 4.01. The van der Waals surface area contributed by atoms with Gasteiger partial charge in [-0.1, -0.05) is 78.9 Å². The lowest BCUT2D eigenvalue weighted by Gasteiger charge is -2.26. The van der Waals surface area contributed by atoms with Crippen LogP contribution in [0.15, 0.2) is 78.9 Å². The molecule has 0 aliphatic carbocycles. The summed E-state index contributed by atoms with van der Waals surface area (Å²) in [4.78, 5) is 12.6. The molecule has 33 heavy (non-hydrogen) atoms. The standard InChI is InChI=1S/C28H34N2O3/c1-20-10-9-11-21(2)28(20)33-27(32)19-30-25(17-23-14-7-4-8-15-23)26(31)18-24(29)16-22-12-5-3-6-13-22/h3-15,24-26,30-31H,16-19,29H2,1-2H3/t24-,25-,26-/m0/s1. The van der Waals surface area contributed by atoms with Gasteiger partial charge in [-0.25, -0.2) is 0 Å². The molecule has 174 valence electrons. The Morgan fingerprint density at radius 1 is 0.879 bits per heavy atom. The monoisotopic (exact) mass is 446 g/mol. The normalized spacial score (nSPS) is 13.8. The Hall–Kier alpha value is -2.99. The van der Waals surface area contributed by atoms with Gasteiger partial charge in [-0.2, -0.15) is 0 Å². The molecule has 5 nitrogen and oxygen atoms in total. The van der Waals surface area contributed by atoms with Crippen molar-refractivity contribution in [3.8, 4) is 5.75 Å². The number of esters is 1. The Balaban J connectivity index is 1.62. The van der Waals surface area contributed by atoms with Crippen molar-refractivity contribution >= 4 is 5.97 Å². The summed E-state index contributed by atoms with van der Waals surface area (Å²) in [6, 6.07) is 25.2. The molecule has 0 amide bonds. The molecular weight excluding hydrogens is 412 g/mol. The highest BCUT2D eigenvalue weighted by Gasteiger charge is 2.23. The van der Waals surface area contributed by atoms with Gasteiger partial charge in [0.15, 0.2) is 0 Å². The van der Waals surface area contributed by atoms with Crippen molar-refractivity contribution in [2.24, 2.45) is 5.73 Å². The minimum Gasteiger partial charge on any atom is -0.425 e. The van der Waals surface area contributed by atoms with Crippen LogP contribution in [0.1, 0.15) is 28.7 Å². The van der Waals surface area contributed by atoms with Gasteiger partial charge in [-0.15, -0.1) is 0 Å². The Bertz CT molecular complexity index is 988. The van der Waals surface area contributed by atoms with Crippen molar-refractivity contribution < 1.29 is 14.6 Å². The molecule has 0 unspecified atom stereocenters. The Kier molecular flexibility index (Phi) is 9.19. The molecular formula is C28H34N2O3. The molecule has 0 bridgehead atoms. The molecule has 0 heterocycles. The number of nitrogens with one attached hydrogen (secondary N) is 1. The number of nitrogens with two attached hydrogens (primary N) is 1. The second-order valence-electron chi connectivity index (χ2n) is 8.62. The van der Waals surface area contributed by atoms with Crippen molar-refractivity contribution in [3.63, 3.8) is 0 Å². The van der Waals surface area contributed by atoms with Crippen LogP contribution in [0.25, 0.3) is 0 Å². The summed E-state index contributed by atoms with van der Waals surface area (Å²) in [5.41, 5.74) is 10.4. The predicted molar refractivity (Wildman–Crippen MR) is 132 cm³/mol. The van der Waals surface area contributed by atoms with Crippen molar-refractivity contribution in [2.45, 2.75) is 51.3 Å². The van der Waals surface area contributed by atoms with Crippen LogP contribution < -0.4 is 15.8 Å². The zero-order chi connectivity index (χ0) is 23.6. The Morgan fingerprint density at radius 2 is 1.42 bits per heavy atom. The lowest BCUT2D eigenvalue weighted by molar-refractivity contribution is -0.133. The second-order valence-corrected chi connectivity index (χ2v) is 8.62. The molecule has 0 radical (unpaired) electrons. The van der Waals surface area contributed by atoms with Crippen LogP contribution in [0.2, 0.25) is 0 Å². The van der Waals surface area contributed by atoms with Gasteiger partial charge >= 0.3 is 5.97 Å². The highest BCUT2D eigenvalue weighted by atomic mass is 16.5. The summed E-state index contributed by atoms with van der Waals surface area (Å²) >= 11 is 0. The van der Waals surface area contributed by atoms with Crippen LogP contribution >= 0.6 is 0 Å². The third kappa shape index (κ3) is 7.82. The van der Waals surface area contributed by atoms with E-state index in [1.165, 1.54) is 0 Å². The number of aryl methyl sites for hydroxylation is 2. The Morgan fingerprint density at radius 3 is 2.00 bits per heavy atom. The van der Waals surface area contributed by atoms with Crippen LogP contribution in [0.4, 0.5) is 0 Å². The van der Waals surface area contributed by atoms with Crippen LogP contribution in [0.3, 0.4) is 0 Å². The number of hydrogen-bond donors (Lipinski definition) is 3. The van der Waals surface area contributed by atoms with Crippen LogP contribution in [-0.2, 0) is 17.6 Å². The first kappa shape index (κ1) is 24.6. The first-order valence-corrected chi connectivity index (χ1v) is 11.4. The largest absolute Gasteiger partial charge is 0.425 e. The van der Waals surface area contributed by atoms with Gasteiger partial charge in [-0.3, -0.25) is 4.79 Å². The molecule has 0 saturated heterocycles. The van der Waals surface area contributed by atoms with Crippen LogP contribution in [0, 0.1) is 13.8 Å². The van der Waals surface area contributed by atoms with E-state index in [0.29, 0.717) is 25.0 Å². The van der Waals surface area contributed by atoms with E-state index in [-0.39, 0.29) is 24.6 Å². The first-order valence-electron chi connectivity index (χ1n) is 11.4. The predicted octanol–water partition coefficient (Wildman–Crippen LogP) is 3.73. The van der Waals surface area contributed by atoms with Crippen LogP contribution in [0.5, 0.6) is 5.75 Å². The number of hydrogen-bond acceptors (Lipinski definition) is 5. The molecule has 0 aromatic heterocycles. The van der Waals surface area contributed by atoms with E-state index in [4.69, 9.17) is 10.5 Å². The fourth-order valence-corrected chi connectivity index (χ4v) is 4.01. The zero-order valence-electron chi connectivity index (χ0n) is 19.4. The molecule has 5 heteroatoms. The van der Waals surface area contributed by atoms with Gasteiger partial charge in [0.1, 0.15) is 5.75 Å². The Labute approximate surface area is 196 Å². The lowest BCUT2D eigenvalue weighted by Crippen LogP contribution is -2.47. The van der Waals surface area contributed by atoms with Crippen molar-refractivity contribution in [2.75, 3.05) is 6.54 Å². The summed E-state index contributed by atoms with van der Waals surface area (Å²) in [7, 11) is 0. The summed E-state index contributed by atoms with van der Waals surface area (Å²) in [6.45, 7) is 3.83. The molecule has 0 aliphatic rings. The maximum Gasteiger partial charge on any atom is 0.325 e. The molecule has 0 spiro atoms. The summed E-state index contributed by atoms with van der Waals surface area (Å²) in [5, 5.41) is 14.2. The minimum absolute atomic E-state index is 0.00371. The SMILES string of the molecule is Cc1cccc(C)c1OC(=O)CN[C@@H](Cc1ccccc1)[C@@H](O)C[C@@H](N)Cc1ccccc1. The maximum atomic E-state index is 12.6. The minimum atomic E-state index is -0.711. The van der Waals surface area contributed by atoms with E-state index in [1.807, 2.05) is 92.7 Å². The van der Waals surface area contributed by atoms with Crippen molar-refractivity contribution in [1.82, 2.24) is 5.32 Å². The number of aliphatic hydroxyl groups excluding tert-OH is 1. The first-order chi connectivity index (χ1) is 15.9. The number of benzene rings is 3. The number of carbonyl (C=O) groups excluding carboxylic acids is 1. The van der Waals surface area contributed by atoms with Crippen molar-refractivity contribution in [1.29, 1.82) is 0 Å². The quantitative estimate of drug-likeness (QED) is 0.309. The van der Waals surface area contributed by atoms with Gasteiger partial charge in [0.25, 0.3) is 0 Å². The molecule has 3 aromatic carbocycles. The highest BCUT2D eigenvalue weighted by molar-refractivity contribution is 5.75. The number of carbonyl (C=O) groups is 1. The third-order valence-corrected chi connectivity index (χ3v) is 5.78. The molecule has 3 aromatic rings. The summed E-state index contributed by atoms with van der Waals surface area (Å²) in [6.07, 6.45) is 0.976. The molecule has 0 saturated carbocycles. The van der Waals surface area contributed by atoms with Gasteiger partial charge in [-0.05, 0) is 55.4 Å². The second kappa shape index (κ2) is 12.3. The molecule has 3 atom stereocenters. The number of ether oxygens (including phenoxy) is 1. The van der Waals surface area contributed by atoms with E-state index in [2.05, 4.69) is 5.32 Å². The number of para-hydroxylation sites is 1. The smallest absolute Gasteiger partial charge is 0.325 e. The van der Waals surface area contributed by atoms with Crippen LogP contribution in [-0.4, -0.2) is 35.8 Å². The lowest BCUT2D eigenvalue weighted by atomic mass is 9.94. The molecule has 0 aliphatic heterocycles. The fraction of sp³-hybridized carbons (Fsp3) is 0.321. The van der Waals surface area contributed by atoms with E-state index in [9.17, 15) is 9.90 Å². The maximum absolute atomic E-state index is 12.6. The van der Waals surface area contributed by atoms with E-state index < -0.39 is 6.10 Å². The topological polar surface area (TPSA) is 84.6 Å². The molecule has 4 N–H and O–H groups in total. The zero-order valence-corrected chi connectivity index (χ0v) is 19.4. The van der Waals surface area contributed by atoms with Gasteiger partial charge in [0.2, 0.25) is 0 Å².